The lowest BCUT2D eigenvalue weighted by Gasteiger charge is -2.12. The van der Waals surface area contributed by atoms with Crippen LogP contribution < -0.4 is 11.1 Å². The number of nitrogens with two attached hydrogens (primary N) is 1. The van der Waals surface area contributed by atoms with E-state index in [0.29, 0.717) is 14.2 Å². The zero-order valence-electron chi connectivity index (χ0n) is 11.3. The Hall–Kier alpha value is -1.90. The van der Waals surface area contributed by atoms with E-state index in [1.54, 1.807) is 11.4 Å². The third kappa shape index (κ3) is 3.85. The summed E-state index contributed by atoms with van der Waals surface area (Å²) in [5.74, 6) is -1.84. The van der Waals surface area contributed by atoms with Crippen LogP contribution in [0.4, 0.5) is 5.00 Å². The molecule has 2 rings (SSSR count). The molecule has 2 heterocycles. The van der Waals surface area contributed by atoms with Crippen LogP contribution in [-0.4, -0.2) is 23.9 Å². The minimum Gasteiger partial charge on any atom is -0.448 e. The molecule has 9 heteroatoms. The van der Waals surface area contributed by atoms with Gasteiger partial charge in [-0.25, -0.2) is 4.79 Å². The van der Waals surface area contributed by atoms with Gasteiger partial charge in [0.05, 0.1) is 9.90 Å². The van der Waals surface area contributed by atoms with E-state index in [1.165, 1.54) is 19.1 Å². The molecule has 0 bridgehead atoms. The number of esters is 1. The van der Waals surface area contributed by atoms with Crippen molar-refractivity contribution in [3.05, 3.63) is 38.4 Å². The van der Waals surface area contributed by atoms with E-state index in [0.717, 1.165) is 22.7 Å². The number of carbonyl (C=O) groups is 3. The van der Waals surface area contributed by atoms with E-state index in [2.05, 4.69) is 5.32 Å². The monoisotopic (exact) mass is 358 g/mol. The lowest BCUT2D eigenvalue weighted by atomic mass is 10.3. The minimum atomic E-state index is -1.03. The fourth-order valence-electron chi connectivity index (χ4n) is 1.51. The van der Waals surface area contributed by atoms with Crippen molar-refractivity contribution < 1.29 is 19.1 Å². The quantitative estimate of drug-likeness (QED) is 0.803. The average Bonchev–Trinajstić information content (AvgIpc) is 3.07. The van der Waals surface area contributed by atoms with E-state index < -0.39 is 23.9 Å². The summed E-state index contributed by atoms with van der Waals surface area (Å²) >= 11 is 7.95. The molecular weight excluding hydrogens is 348 g/mol. The topological polar surface area (TPSA) is 98.5 Å². The second-order valence-electron chi connectivity index (χ2n) is 4.17. The maximum Gasteiger partial charge on any atom is 0.349 e. The van der Waals surface area contributed by atoms with E-state index in [1.807, 2.05) is 0 Å². The molecule has 2 aromatic rings. The summed E-state index contributed by atoms with van der Waals surface area (Å²) in [7, 11) is 0. The number of rotatable bonds is 5. The van der Waals surface area contributed by atoms with Gasteiger partial charge >= 0.3 is 5.97 Å². The van der Waals surface area contributed by atoms with Crippen molar-refractivity contribution in [3.63, 3.8) is 0 Å². The van der Waals surface area contributed by atoms with Crippen molar-refractivity contribution in [2.75, 3.05) is 5.32 Å². The normalized spacial score (nSPS) is 11.7. The van der Waals surface area contributed by atoms with Gasteiger partial charge in [0.15, 0.2) is 6.10 Å². The molecular formula is C13H11ClN2O4S2. The van der Waals surface area contributed by atoms with E-state index >= 15 is 0 Å². The predicted octanol–water partition coefficient (Wildman–Crippen LogP) is 2.75. The maximum absolute atomic E-state index is 12.0. The van der Waals surface area contributed by atoms with Crippen LogP contribution in [0.1, 0.15) is 27.0 Å². The molecule has 0 spiro atoms. The largest absolute Gasteiger partial charge is 0.448 e. The van der Waals surface area contributed by atoms with Gasteiger partial charge in [-0.2, -0.15) is 0 Å². The molecule has 0 unspecified atom stereocenters. The molecule has 0 aliphatic rings. The molecule has 22 heavy (non-hydrogen) atoms. The summed E-state index contributed by atoms with van der Waals surface area (Å²) in [5, 5.41) is 4.46. The molecule has 0 saturated carbocycles. The van der Waals surface area contributed by atoms with Crippen LogP contribution in [-0.2, 0) is 9.53 Å². The van der Waals surface area contributed by atoms with Gasteiger partial charge in [-0.05, 0) is 30.5 Å². The standard InChI is InChI=1S/C13H11ClN2O4S2/c1-6(20-13(19)8-2-3-9(14)22-8)11(18)16-12-7(10(15)17)4-5-21-12/h2-6H,1H3,(H2,15,17)(H,16,18)/t6-/m0/s1. The second kappa shape index (κ2) is 6.91. The highest BCUT2D eigenvalue weighted by atomic mass is 35.5. The second-order valence-corrected chi connectivity index (χ2v) is 6.80. The van der Waals surface area contributed by atoms with Gasteiger partial charge in [-0.15, -0.1) is 22.7 Å². The number of amides is 2. The number of primary amides is 1. The highest BCUT2D eigenvalue weighted by Gasteiger charge is 2.22. The molecule has 0 radical (unpaired) electrons. The molecule has 116 valence electrons. The smallest absolute Gasteiger partial charge is 0.349 e. The highest BCUT2D eigenvalue weighted by Crippen LogP contribution is 2.24. The summed E-state index contributed by atoms with van der Waals surface area (Å²) in [6.45, 7) is 1.43. The van der Waals surface area contributed by atoms with Crippen LogP contribution in [0.25, 0.3) is 0 Å². The first-order chi connectivity index (χ1) is 10.4. The maximum atomic E-state index is 12.0. The van der Waals surface area contributed by atoms with Gasteiger partial charge in [0.25, 0.3) is 11.8 Å². The summed E-state index contributed by atoms with van der Waals surface area (Å²) in [5.41, 5.74) is 5.40. The van der Waals surface area contributed by atoms with Crippen molar-refractivity contribution in [1.29, 1.82) is 0 Å². The highest BCUT2D eigenvalue weighted by molar-refractivity contribution is 7.17. The number of ether oxygens (including phenoxy) is 1. The van der Waals surface area contributed by atoms with Crippen LogP contribution >= 0.6 is 34.3 Å². The summed E-state index contributed by atoms with van der Waals surface area (Å²) in [6, 6.07) is 4.59. The zero-order chi connectivity index (χ0) is 16.3. The van der Waals surface area contributed by atoms with Crippen molar-refractivity contribution >= 4 is 57.1 Å². The molecule has 0 saturated heterocycles. The molecule has 0 aliphatic heterocycles. The number of thiophene rings is 2. The van der Waals surface area contributed by atoms with E-state index in [9.17, 15) is 14.4 Å². The van der Waals surface area contributed by atoms with Gasteiger partial charge < -0.3 is 15.8 Å². The Labute approximate surface area is 138 Å². The first-order valence-corrected chi connectivity index (χ1v) is 8.10. The molecule has 0 aromatic carbocycles. The number of hydrogen-bond donors (Lipinski definition) is 2. The van der Waals surface area contributed by atoms with Crippen LogP contribution in [0.15, 0.2) is 23.6 Å². The Morgan fingerprint density at radius 2 is 2.05 bits per heavy atom. The number of carbonyl (C=O) groups excluding carboxylic acids is 3. The SMILES string of the molecule is C[C@H](OC(=O)c1ccc(Cl)s1)C(=O)Nc1sccc1C(N)=O. The Kier molecular flexibility index (Phi) is 5.17. The van der Waals surface area contributed by atoms with Crippen molar-refractivity contribution in [2.45, 2.75) is 13.0 Å². The number of nitrogens with one attached hydrogen (secondary N) is 1. The molecule has 3 N–H and O–H groups in total. The van der Waals surface area contributed by atoms with Crippen LogP contribution in [0.5, 0.6) is 0 Å². The molecule has 6 nitrogen and oxygen atoms in total. The predicted molar refractivity (Wildman–Crippen MR) is 85.7 cm³/mol. The van der Waals surface area contributed by atoms with Crippen LogP contribution in [0.3, 0.4) is 0 Å². The lowest BCUT2D eigenvalue weighted by molar-refractivity contribution is -0.123. The van der Waals surface area contributed by atoms with Crippen LogP contribution in [0, 0.1) is 0 Å². The zero-order valence-corrected chi connectivity index (χ0v) is 13.7. The molecule has 0 fully saturated rings. The van der Waals surface area contributed by atoms with Gasteiger partial charge in [-0.3, -0.25) is 9.59 Å². The lowest BCUT2D eigenvalue weighted by Crippen LogP contribution is -2.30. The van der Waals surface area contributed by atoms with Crippen molar-refractivity contribution in [2.24, 2.45) is 5.73 Å². The van der Waals surface area contributed by atoms with Crippen molar-refractivity contribution in [3.8, 4) is 0 Å². The fraction of sp³-hybridized carbons (Fsp3) is 0.154. The Balaban J connectivity index is 1.99. The molecule has 2 amide bonds. The number of halogens is 1. The van der Waals surface area contributed by atoms with Gasteiger partial charge in [0.2, 0.25) is 0 Å². The van der Waals surface area contributed by atoms with Gasteiger partial charge in [0.1, 0.15) is 9.88 Å². The van der Waals surface area contributed by atoms with E-state index in [4.69, 9.17) is 22.1 Å². The third-order valence-electron chi connectivity index (χ3n) is 2.59. The Morgan fingerprint density at radius 3 is 2.64 bits per heavy atom. The number of anilines is 1. The van der Waals surface area contributed by atoms with E-state index in [-0.39, 0.29) is 5.56 Å². The van der Waals surface area contributed by atoms with Gasteiger partial charge in [-0.1, -0.05) is 11.6 Å². The number of hydrogen-bond acceptors (Lipinski definition) is 6. The third-order valence-corrected chi connectivity index (χ3v) is 4.64. The van der Waals surface area contributed by atoms with Crippen molar-refractivity contribution in [1.82, 2.24) is 0 Å². The Bertz CT molecular complexity index is 725. The summed E-state index contributed by atoms with van der Waals surface area (Å²) in [4.78, 5) is 35.3. The molecule has 2 aromatic heterocycles. The fourth-order valence-corrected chi connectivity index (χ4v) is 3.23. The molecule has 0 aliphatic carbocycles. The molecule has 1 atom stereocenters. The summed E-state index contributed by atoms with van der Waals surface area (Å²) < 4.78 is 5.50. The van der Waals surface area contributed by atoms with Crippen LogP contribution in [0.2, 0.25) is 4.34 Å². The minimum absolute atomic E-state index is 0.210. The van der Waals surface area contributed by atoms with Gasteiger partial charge in [0, 0.05) is 0 Å². The first-order valence-electron chi connectivity index (χ1n) is 6.03. The Morgan fingerprint density at radius 1 is 1.32 bits per heavy atom. The average molecular weight is 359 g/mol. The first kappa shape index (κ1) is 16.5. The summed E-state index contributed by atoms with van der Waals surface area (Å²) in [6.07, 6.45) is -1.03.